The molecule has 0 aliphatic heterocycles. The van der Waals surface area contributed by atoms with Gasteiger partial charge in [0.25, 0.3) is 5.56 Å². The van der Waals surface area contributed by atoms with Crippen LogP contribution in [0.1, 0.15) is 19.9 Å². The Morgan fingerprint density at radius 2 is 1.95 bits per heavy atom. The van der Waals surface area contributed by atoms with Gasteiger partial charge in [-0.25, -0.2) is 9.48 Å². The van der Waals surface area contributed by atoms with Gasteiger partial charge in [0.2, 0.25) is 0 Å². The second-order valence-electron chi connectivity index (χ2n) is 4.44. The monoisotopic (exact) mass is 350 g/mol. The highest BCUT2D eigenvalue weighted by Gasteiger charge is 2.18. The van der Waals surface area contributed by atoms with Crippen LogP contribution in [0.4, 0.5) is 0 Å². The van der Waals surface area contributed by atoms with Crippen molar-refractivity contribution in [1.29, 1.82) is 0 Å². The van der Waals surface area contributed by atoms with Crippen molar-refractivity contribution in [2.24, 2.45) is 0 Å². The fourth-order valence-electron chi connectivity index (χ4n) is 1.84. The lowest BCUT2D eigenvalue weighted by molar-refractivity contribution is -0.147. The van der Waals surface area contributed by atoms with Gasteiger partial charge in [-0.1, -0.05) is 28.1 Å². The van der Waals surface area contributed by atoms with Crippen LogP contribution in [-0.2, 0) is 9.53 Å². The van der Waals surface area contributed by atoms with Gasteiger partial charge in [0.15, 0.2) is 6.04 Å². The Morgan fingerprint density at radius 3 is 2.57 bits per heavy atom. The fourth-order valence-corrected chi connectivity index (χ4v) is 2.10. The summed E-state index contributed by atoms with van der Waals surface area (Å²) in [6.07, 6.45) is 0. The first-order valence-electron chi connectivity index (χ1n) is 6.55. The number of nitrogens with zero attached hydrogens (tertiary/aromatic N) is 2. The molecule has 0 unspecified atom stereocenters. The van der Waals surface area contributed by atoms with Crippen molar-refractivity contribution in [2.75, 3.05) is 6.61 Å². The first kappa shape index (κ1) is 15.4. The average Bonchev–Trinajstić information content (AvgIpc) is 2.48. The van der Waals surface area contributed by atoms with E-state index in [9.17, 15) is 9.59 Å². The van der Waals surface area contributed by atoms with Crippen LogP contribution in [0.25, 0.3) is 11.3 Å². The van der Waals surface area contributed by atoms with Crippen LogP contribution in [-0.4, -0.2) is 22.4 Å². The second-order valence-corrected chi connectivity index (χ2v) is 5.35. The molecule has 0 aliphatic rings. The van der Waals surface area contributed by atoms with Gasteiger partial charge in [-0.2, -0.15) is 5.10 Å². The van der Waals surface area contributed by atoms with Crippen molar-refractivity contribution >= 4 is 21.9 Å². The summed E-state index contributed by atoms with van der Waals surface area (Å²) < 4.78 is 7.04. The zero-order chi connectivity index (χ0) is 15.4. The highest BCUT2D eigenvalue weighted by molar-refractivity contribution is 9.10. The molecule has 6 heteroatoms. The Morgan fingerprint density at radius 1 is 1.29 bits per heavy atom. The maximum absolute atomic E-state index is 11.9. The van der Waals surface area contributed by atoms with Crippen LogP contribution in [0, 0.1) is 0 Å². The van der Waals surface area contributed by atoms with E-state index in [0.717, 1.165) is 14.7 Å². The summed E-state index contributed by atoms with van der Waals surface area (Å²) in [4.78, 5) is 23.7. The third kappa shape index (κ3) is 3.58. The summed E-state index contributed by atoms with van der Waals surface area (Å²) >= 11 is 3.37. The van der Waals surface area contributed by atoms with Gasteiger partial charge < -0.3 is 4.74 Å². The number of halogens is 1. The quantitative estimate of drug-likeness (QED) is 0.795. The number of rotatable bonds is 4. The predicted molar refractivity (Wildman–Crippen MR) is 83.0 cm³/mol. The summed E-state index contributed by atoms with van der Waals surface area (Å²) in [5, 5.41) is 4.26. The zero-order valence-corrected chi connectivity index (χ0v) is 13.3. The average molecular weight is 351 g/mol. The molecule has 1 atom stereocenters. The van der Waals surface area contributed by atoms with Crippen LogP contribution in [0.5, 0.6) is 0 Å². The minimum absolute atomic E-state index is 0.268. The van der Waals surface area contributed by atoms with Gasteiger partial charge in [0.1, 0.15) is 0 Å². The third-order valence-electron chi connectivity index (χ3n) is 2.96. The van der Waals surface area contributed by atoms with Gasteiger partial charge in [0.05, 0.1) is 12.3 Å². The standard InChI is InChI=1S/C15H15BrN2O3/c1-3-21-15(20)10(2)18-14(19)9-8-13(17-18)11-4-6-12(16)7-5-11/h4-10H,3H2,1-2H3/t10-/m1/s1. The molecule has 0 radical (unpaired) electrons. The third-order valence-corrected chi connectivity index (χ3v) is 3.49. The molecule has 0 spiro atoms. The van der Waals surface area contributed by atoms with Crippen molar-refractivity contribution in [3.8, 4) is 11.3 Å². The molecule has 1 heterocycles. The smallest absolute Gasteiger partial charge is 0.330 e. The Hall–Kier alpha value is -1.95. The van der Waals surface area contributed by atoms with Crippen LogP contribution in [0.15, 0.2) is 45.7 Å². The lowest BCUT2D eigenvalue weighted by atomic mass is 10.1. The zero-order valence-electron chi connectivity index (χ0n) is 11.7. The van der Waals surface area contributed by atoms with E-state index in [0.29, 0.717) is 5.69 Å². The largest absolute Gasteiger partial charge is 0.464 e. The van der Waals surface area contributed by atoms with E-state index in [1.165, 1.54) is 6.07 Å². The van der Waals surface area contributed by atoms with Crippen molar-refractivity contribution in [1.82, 2.24) is 9.78 Å². The molecule has 0 saturated heterocycles. The van der Waals surface area contributed by atoms with E-state index < -0.39 is 12.0 Å². The minimum Gasteiger partial charge on any atom is -0.464 e. The Balaban J connectivity index is 2.39. The molecule has 0 amide bonds. The number of hydrogen-bond donors (Lipinski definition) is 0. The molecule has 5 nitrogen and oxygen atoms in total. The Bertz CT molecular complexity index is 695. The topological polar surface area (TPSA) is 61.2 Å². The molecule has 1 aromatic heterocycles. The van der Waals surface area contributed by atoms with Gasteiger partial charge in [0, 0.05) is 16.1 Å². The van der Waals surface area contributed by atoms with E-state index in [4.69, 9.17) is 4.74 Å². The molecule has 2 rings (SSSR count). The van der Waals surface area contributed by atoms with E-state index in [1.54, 1.807) is 19.9 Å². The predicted octanol–water partition coefficient (Wildman–Crippen LogP) is 2.80. The summed E-state index contributed by atoms with van der Waals surface area (Å²) in [7, 11) is 0. The van der Waals surface area contributed by atoms with Gasteiger partial charge >= 0.3 is 5.97 Å². The van der Waals surface area contributed by atoms with Gasteiger partial charge in [-0.3, -0.25) is 4.79 Å². The molecule has 0 saturated carbocycles. The normalized spacial score (nSPS) is 12.0. The number of hydrogen-bond acceptors (Lipinski definition) is 4. The molecular formula is C15H15BrN2O3. The summed E-state index contributed by atoms with van der Waals surface area (Å²) in [6, 6.07) is 9.84. The van der Waals surface area contributed by atoms with Crippen LogP contribution in [0.3, 0.4) is 0 Å². The summed E-state index contributed by atoms with van der Waals surface area (Å²) in [6.45, 7) is 3.58. The second kappa shape index (κ2) is 6.67. The number of aromatic nitrogens is 2. The minimum atomic E-state index is -0.757. The number of benzene rings is 1. The molecule has 21 heavy (non-hydrogen) atoms. The van der Waals surface area contributed by atoms with Crippen molar-refractivity contribution in [3.05, 3.63) is 51.2 Å². The van der Waals surface area contributed by atoms with Crippen LogP contribution < -0.4 is 5.56 Å². The lowest BCUT2D eigenvalue weighted by Crippen LogP contribution is -2.31. The number of carbonyl (C=O) groups is 1. The van der Waals surface area contributed by atoms with Crippen LogP contribution in [0.2, 0.25) is 0 Å². The van der Waals surface area contributed by atoms with E-state index in [-0.39, 0.29) is 12.2 Å². The summed E-state index contributed by atoms with van der Waals surface area (Å²) in [5.41, 5.74) is 1.15. The van der Waals surface area contributed by atoms with Gasteiger partial charge in [-0.05, 0) is 32.0 Å². The number of ether oxygens (including phenoxy) is 1. The molecular weight excluding hydrogens is 336 g/mol. The number of carbonyl (C=O) groups excluding carboxylic acids is 1. The highest BCUT2D eigenvalue weighted by Crippen LogP contribution is 2.19. The lowest BCUT2D eigenvalue weighted by Gasteiger charge is -2.13. The Labute approximate surface area is 130 Å². The number of esters is 1. The SMILES string of the molecule is CCOC(=O)[C@@H](C)n1nc(-c2ccc(Br)cc2)ccc1=O. The van der Waals surface area contributed by atoms with E-state index >= 15 is 0 Å². The highest BCUT2D eigenvalue weighted by atomic mass is 79.9. The molecule has 2 aromatic rings. The first-order valence-corrected chi connectivity index (χ1v) is 7.34. The molecule has 0 aliphatic carbocycles. The maximum atomic E-state index is 11.9. The van der Waals surface area contributed by atoms with Crippen LogP contribution >= 0.6 is 15.9 Å². The fraction of sp³-hybridized carbons (Fsp3) is 0.267. The van der Waals surface area contributed by atoms with Crippen molar-refractivity contribution < 1.29 is 9.53 Å². The van der Waals surface area contributed by atoms with E-state index in [2.05, 4.69) is 21.0 Å². The van der Waals surface area contributed by atoms with E-state index in [1.807, 2.05) is 24.3 Å². The van der Waals surface area contributed by atoms with Crippen molar-refractivity contribution in [2.45, 2.75) is 19.9 Å². The molecule has 1 aromatic carbocycles. The molecule has 110 valence electrons. The summed E-state index contributed by atoms with van der Waals surface area (Å²) in [5.74, 6) is -0.472. The molecule has 0 fully saturated rings. The molecule has 0 N–H and O–H groups in total. The van der Waals surface area contributed by atoms with Gasteiger partial charge in [-0.15, -0.1) is 0 Å². The Kier molecular flexibility index (Phi) is 4.90. The molecule has 0 bridgehead atoms. The van der Waals surface area contributed by atoms with Crippen molar-refractivity contribution in [3.63, 3.8) is 0 Å². The maximum Gasteiger partial charge on any atom is 0.330 e. The first-order chi connectivity index (χ1) is 10.0.